The van der Waals surface area contributed by atoms with Crippen LogP contribution in [0.1, 0.15) is 69.6 Å². The molecule has 1 aliphatic heterocycles. The van der Waals surface area contributed by atoms with E-state index in [4.69, 9.17) is 4.74 Å². The molecule has 3 aromatic rings. The SMILES string of the molecule is CCCCCC1CCC(c2ccc(-c3ccc(-c4ccc(CC)c(F)c4F)cc3)cc2F)OC1. The second-order valence-electron chi connectivity index (χ2n) is 9.33. The van der Waals surface area contributed by atoms with Crippen LogP contribution >= 0.6 is 0 Å². The van der Waals surface area contributed by atoms with Gasteiger partial charge in [-0.1, -0.05) is 81.6 Å². The van der Waals surface area contributed by atoms with E-state index in [0.717, 1.165) is 24.0 Å². The molecule has 0 aromatic heterocycles. The Hall–Kier alpha value is -2.59. The van der Waals surface area contributed by atoms with E-state index in [-0.39, 0.29) is 17.5 Å². The van der Waals surface area contributed by atoms with Gasteiger partial charge in [-0.2, -0.15) is 0 Å². The number of aryl methyl sites for hydroxylation is 1. The quantitative estimate of drug-likeness (QED) is 0.301. The Morgan fingerprint density at radius 1 is 0.794 bits per heavy atom. The fourth-order valence-corrected chi connectivity index (χ4v) is 4.86. The monoisotopic (exact) mass is 466 g/mol. The van der Waals surface area contributed by atoms with Crippen molar-refractivity contribution < 1.29 is 17.9 Å². The topological polar surface area (TPSA) is 9.23 Å². The summed E-state index contributed by atoms with van der Waals surface area (Å²) in [6, 6.07) is 15.6. The summed E-state index contributed by atoms with van der Waals surface area (Å²) in [6.45, 7) is 4.70. The van der Waals surface area contributed by atoms with Crippen molar-refractivity contribution in [2.24, 2.45) is 5.92 Å². The van der Waals surface area contributed by atoms with Crippen LogP contribution in [0.15, 0.2) is 54.6 Å². The van der Waals surface area contributed by atoms with E-state index in [0.29, 0.717) is 35.6 Å². The van der Waals surface area contributed by atoms with Crippen molar-refractivity contribution in [2.45, 2.75) is 64.9 Å². The van der Waals surface area contributed by atoms with Crippen molar-refractivity contribution in [1.29, 1.82) is 0 Å². The van der Waals surface area contributed by atoms with Crippen molar-refractivity contribution in [2.75, 3.05) is 6.61 Å². The predicted molar refractivity (Wildman–Crippen MR) is 132 cm³/mol. The Kier molecular flexibility index (Phi) is 8.10. The number of rotatable bonds is 8. The van der Waals surface area contributed by atoms with Crippen LogP contribution in [0.25, 0.3) is 22.3 Å². The first-order valence-corrected chi connectivity index (χ1v) is 12.5. The van der Waals surface area contributed by atoms with Gasteiger partial charge in [-0.3, -0.25) is 0 Å². The van der Waals surface area contributed by atoms with Gasteiger partial charge in [0, 0.05) is 11.1 Å². The zero-order valence-electron chi connectivity index (χ0n) is 20.0. The van der Waals surface area contributed by atoms with Crippen molar-refractivity contribution in [3.63, 3.8) is 0 Å². The number of unbranched alkanes of at least 4 members (excludes halogenated alkanes) is 2. The van der Waals surface area contributed by atoms with Crippen LogP contribution in [-0.2, 0) is 11.2 Å². The Labute approximate surface area is 201 Å². The fourth-order valence-electron chi connectivity index (χ4n) is 4.86. The molecule has 2 unspecified atom stereocenters. The number of halogens is 3. The first-order chi connectivity index (χ1) is 16.5. The van der Waals surface area contributed by atoms with Gasteiger partial charge in [-0.15, -0.1) is 0 Å². The largest absolute Gasteiger partial charge is 0.373 e. The van der Waals surface area contributed by atoms with Crippen LogP contribution in [-0.4, -0.2) is 6.61 Å². The summed E-state index contributed by atoms with van der Waals surface area (Å²) >= 11 is 0. The minimum Gasteiger partial charge on any atom is -0.373 e. The molecular weight excluding hydrogens is 433 g/mol. The lowest BCUT2D eigenvalue weighted by molar-refractivity contribution is -0.0215. The molecule has 1 heterocycles. The lowest BCUT2D eigenvalue weighted by Gasteiger charge is -2.29. The summed E-state index contributed by atoms with van der Waals surface area (Å²) in [4.78, 5) is 0. The van der Waals surface area contributed by atoms with E-state index in [1.807, 2.05) is 24.3 Å². The van der Waals surface area contributed by atoms with Gasteiger partial charge in [-0.25, -0.2) is 13.2 Å². The summed E-state index contributed by atoms with van der Waals surface area (Å²) in [5.74, 6) is -1.30. The molecule has 3 aromatic carbocycles. The summed E-state index contributed by atoms with van der Waals surface area (Å²) in [6.07, 6.45) is 7.08. The maximum Gasteiger partial charge on any atom is 0.166 e. The molecular formula is C30H33F3O. The molecule has 0 N–H and O–H groups in total. The van der Waals surface area contributed by atoms with Gasteiger partial charge in [0.25, 0.3) is 0 Å². The first-order valence-electron chi connectivity index (χ1n) is 12.5. The fraction of sp³-hybridized carbons (Fsp3) is 0.400. The van der Waals surface area contributed by atoms with Gasteiger partial charge in [0.15, 0.2) is 11.6 Å². The molecule has 0 spiro atoms. The zero-order chi connectivity index (χ0) is 24.1. The van der Waals surface area contributed by atoms with E-state index in [1.165, 1.54) is 31.7 Å². The van der Waals surface area contributed by atoms with Crippen LogP contribution in [0.4, 0.5) is 13.2 Å². The number of hydrogen-bond acceptors (Lipinski definition) is 1. The average molecular weight is 467 g/mol. The molecule has 1 nitrogen and oxygen atoms in total. The van der Waals surface area contributed by atoms with Gasteiger partial charge in [0.2, 0.25) is 0 Å². The van der Waals surface area contributed by atoms with E-state index in [1.54, 1.807) is 31.2 Å². The van der Waals surface area contributed by atoms with Crippen LogP contribution in [0, 0.1) is 23.4 Å². The van der Waals surface area contributed by atoms with Crippen molar-refractivity contribution in [3.05, 3.63) is 83.2 Å². The highest BCUT2D eigenvalue weighted by Gasteiger charge is 2.25. The highest BCUT2D eigenvalue weighted by atomic mass is 19.2. The predicted octanol–water partition coefficient (Wildman–Crippen LogP) is 9.05. The van der Waals surface area contributed by atoms with E-state index < -0.39 is 11.6 Å². The number of benzene rings is 3. The Bertz CT molecular complexity index is 1100. The van der Waals surface area contributed by atoms with Gasteiger partial charge in [0.05, 0.1) is 12.7 Å². The molecule has 0 radical (unpaired) electrons. The summed E-state index contributed by atoms with van der Waals surface area (Å²) in [5.41, 5.74) is 3.35. The van der Waals surface area contributed by atoms with Crippen LogP contribution in [0.3, 0.4) is 0 Å². The molecule has 0 aliphatic carbocycles. The normalized spacial score (nSPS) is 18.3. The summed E-state index contributed by atoms with van der Waals surface area (Å²) in [7, 11) is 0. The summed E-state index contributed by atoms with van der Waals surface area (Å²) in [5, 5.41) is 0. The molecule has 180 valence electrons. The van der Waals surface area contributed by atoms with E-state index >= 15 is 4.39 Å². The second-order valence-corrected chi connectivity index (χ2v) is 9.33. The summed E-state index contributed by atoms with van der Waals surface area (Å²) < 4.78 is 49.7. The standard InChI is InChI=1S/C30H33F3O/c1-3-5-6-7-20-8-17-28(34-19-20)26-16-14-24(18-27(26)31)22-9-11-23(12-10-22)25-15-13-21(4-2)29(32)30(25)33/h9-16,18,20,28H,3-8,17,19H2,1-2H3. The Balaban J connectivity index is 1.45. The zero-order valence-corrected chi connectivity index (χ0v) is 20.0. The van der Waals surface area contributed by atoms with Crippen LogP contribution in [0.5, 0.6) is 0 Å². The number of ether oxygens (including phenoxy) is 1. The molecule has 4 rings (SSSR count). The van der Waals surface area contributed by atoms with Crippen molar-refractivity contribution >= 4 is 0 Å². The molecule has 1 aliphatic rings. The smallest absolute Gasteiger partial charge is 0.166 e. The van der Waals surface area contributed by atoms with Gasteiger partial charge in [0.1, 0.15) is 5.82 Å². The van der Waals surface area contributed by atoms with Gasteiger partial charge < -0.3 is 4.74 Å². The molecule has 4 heteroatoms. The highest BCUT2D eigenvalue weighted by molar-refractivity contribution is 5.71. The Morgan fingerprint density at radius 3 is 2.18 bits per heavy atom. The highest BCUT2D eigenvalue weighted by Crippen LogP contribution is 2.36. The van der Waals surface area contributed by atoms with Crippen LogP contribution < -0.4 is 0 Å². The molecule has 0 bridgehead atoms. The first kappa shape index (κ1) is 24.5. The van der Waals surface area contributed by atoms with Gasteiger partial charge >= 0.3 is 0 Å². The minimum atomic E-state index is -0.831. The molecule has 1 fully saturated rings. The molecule has 0 amide bonds. The third-order valence-electron chi connectivity index (χ3n) is 7.01. The molecule has 34 heavy (non-hydrogen) atoms. The Morgan fingerprint density at radius 2 is 1.53 bits per heavy atom. The maximum absolute atomic E-state index is 15.0. The molecule has 0 saturated carbocycles. The number of hydrogen-bond donors (Lipinski definition) is 0. The average Bonchev–Trinajstić information content (AvgIpc) is 2.86. The van der Waals surface area contributed by atoms with E-state index in [2.05, 4.69) is 6.92 Å². The van der Waals surface area contributed by atoms with Crippen molar-refractivity contribution in [1.82, 2.24) is 0 Å². The third kappa shape index (κ3) is 5.38. The van der Waals surface area contributed by atoms with Crippen molar-refractivity contribution in [3.8, 4) is 22.3 Å². The van der Waals surface area contributed by atoms with Crippen LogP contribution in [0.2, 0.25) is 0 Å². The third-order valence-corrected chi connectivity index (χ3v) is 7.01. The lowest BCUT2D eigenvalue weighted by Crippen LogP contribution is -2.21. The molecule has 1 saturated heterocycles. The minimum absolute atomic E-state index is 0.192. The van der Waals surface area contributed by atoms with E-state index in [9.17, 15) is 8.78 Å². The van der Waals surface area contributed by atoms with Gasteiger partial charge in [-0.05, 0) is 59.9 Å². The lowest BCUT2D eigenvalue weighted by atomic mass is 9.90. The molecule has 2 atom stereocenters. The second kappa shape index (κ2) is 11.2. The maximum atomic E-state index is 15.0.